The average molecular weight is 310 g/mol. The van der Waals surface area contributed by atoms with Crippen molar-refractivity contribution >= 4 is 29.3 Å². The summed E-state index contributed by atoms with van der Waals surface area (Å²) in [6.45, 7) is 0.421. The molecule has 0 fully saturated rings. The van der Waals surface area contributed by atoms with Gasteiger partial charge in [0, 0.05) is 11.9 Å². The van der Waals surface area contributed by atoms with Crippen molar-refractivity contribution < 1.29 is 14.6 Å². The lowest BCUT2D eigenvalue weighted by atomic mass is 10.3. The Labute approximate surface area is 125 Å². The third kappa shape index (κ3) is 3.88. The Hall–Kier alpha value is -1.72. The largest absolute Gasteiger partial charge is 0.491 e. The lowest BCUT2D eigenvalue weighted by Crippen LogP contribution is -2.04. The van der Waals surface area contributed by atoms with Crippen molar-refractivity contribution in [1.82, 2.24) is 4.98 Å². The molecule has 4 nitrogen and oxygen atoms in total. The molecule has 0 saturated carbocycles. The monoisotopic (exact) mass is 309 g/mol. The van der Waals surface area contributed by atoms with Gasteiger partial charge in [-0.3, -0.25) is 0 Å². The van der Waals surface area contributed by atoms with Gasteiger partial charge in [-0.2, -0.15) is 0 Å². The molecule has 0 aliphatic carbocycles. The molecule has 1 aromatic heterocycles. The quantitative estimate of drug-likeness (QED) is 0.652. The van der Waals surface area contributed by atoms with Crippen molar-refractivity contribution in [2.24, 2.45) is 0 Å². The van der Waals surface area contributed by atoms with Gasteiger partial charge in [-0.25, -0.2) is 9.78 Å². The fraction of sp³-hybridized carbons (Fsp3) is 0.143. The first-order valence-corrected chi connectivity index (χ1v) is 7.23. The van der Waals surface area contributed by atoms with Gasteiger partial charge in [0.15, 0.2) is 0 Å². The van der Waals surface area contributed by atoms with E-state index in [4.69, 9.17) is 21.4 Å². The van der Waals surface area contributed by atoms with E-state index in [1.54, 1.807) is 24.4 Å². The van der Waals surface area contributed by atoms with Crippen molar-refractivity contribution in [1.29, 1.82) is 0 Å². The second-order valence-corrected chi connectivity index (χ2v) is 5.28. The zero-order valence-corrected chi connectivity index (χ0v) is 12.0. The van der Waals surface area contributed by atoms with Crippen LogP contribution in [0, 0.1) is 0 Å². The molecule has 0 aliphatic rings. The van der Waals surface area contributed by atoms with E-state index in [-0.39, 0.29) is 5.56 Å². The fourth-order valence-electron chi connectivity index (χ4n) is 1.52. The predicted octanol–water partition coefficient (Wildman–Crippen LogP) is 3.60. The topological polar surface area (TPSA) is 59.4 Å². The number of carbonyl (C=O) groups is 1. The number of carboxylic acids is 1. The van der Waals surface area contributed by atoms with Crippen LogP contribution in [-0.2, 0) is 0 Å². The number of aromatic nitrogens is 1. The molecule has 20 heavy (non-hydrogen) atoms. The van der Waals surface area contributed by atoms with Crippen LogP contribution in [0.3, 0.4) is 0 Å². The summed E-state index contributed by atoms with van der Waals surface area (Å²) in [6.07, 6.45) is 1.57. The normalized spacial score (nSPS) is 10.2. The molecule has 2 rings (SSSR count). The number of pyridine rings is 1. The summed E-state index contributed by atoms with van der Waals surface area (Å²) in [7, 11) is 0. The number of hydrogen-bond acceptors (Lipinski definition) is 4. The number of rotatable bonds is 6. The minimum Gasteiger partial charge on any atom is -0.491 e. The van der Waals surface area contributed by atoms with Crippen LogP contribution in [0.25, 0.3) is 0 Å². The van der Waals surface area contributed by atoms with E-state index in [9.17, 15) is 4.79 Å². The van der Waals surface area contributed by atoms with Gasteiger partial charge in [-0.1, -0.05) is 23.7 Å². The highest BCUT2D eigenvalue weighted by Gasteiger charge is 2.10. The van der Waals surface area contributed by atoms with Crippen molar-refractivity contribution in [3.8, 4) is 5.75 Å². The Morgan fingerprint density at radius 2 is 2.10 bits per heavy atom. The van der Waals surface area contributed by atoms with Gasteiger partial charge >= 0.3 is 5.97 Å². The molecule has 0 atom stereocenters. The maximum absolute atomic E-state index is 11.0. The van der Waals surface area contributed by atoms with E-state index >= 15 is 0 Å². The van der Waals surface area contributed by atoms with Crippen LogP contribution in [0.1, 0.15) is 10.4 Å². The average Bonchev–Trinajstić information content (AvgIpc) is 2.45. The lowest BCUT2D eigenvalue weighted by molar-refractivity contribution is 0.0692. The maximum atomic E-state index is 11.0. The molecule has 1 N–H and O–H groups in total. The van der Waals surface area contributed by atoms with Crippen LogP contribution < -0.4 is 4.74 Å². The summed E-state index contributed by atoms with van der Waals surface area (Å²) in [6, 6.07) is 10.4. The van der Waals surface area contributed by atoms with Crippen LogP contribution in [0.5, 0.6) is 5.75 Å². The number of para-hydroxylation sites is 1. The number of carboxylic acid groups (broad SMARTS) is 1. The van der Waals surface area contributed by atoms with Crippen molar-refractivity contribution in [3.63, 3.8) is 0 Å². The maximum Gasteiger partial charge on any atom is 0.338 e. The smallest absolute Gasteiger partial charge is 0.338 e. The van der Waals surface area contributed by atoms with Crippen molar-refractivity contribution in [2.75, 3.05) is 12.4 Å². The molecular weight excluding hydrogens is 298 g/mol. The SMILES string of the molecule is O=C(O)c1cccnc1SCCOc1ccccc1Cl. The van der Waals surface area contributed by atoms with Gasteiger partial charge in [-0.05, 0) is 24.3 Å². The first kappa shape index (κ1) is 14.7. The fourth-order valence-corrected chi connectivity index (χ4v) is 2.52. The van der Waals surface area contributed by atoms with E-state index in [0.29, 0.717) is 28.2 Å². The predicted molar refractivity (Wildman–Crippen MR) is 78.9 cm³/mol. The molecule has 6 heteroatoms. The Morgan fingerprint density at radius 3 is 2.85 bits per heavy atom. The Balaban J connectivity index is 1.88. The number of nitrogens with zero attached hydrogens (tertiary/aromatic N) is 1. The Bertz CT molecular complexity index is 606. The molecule has 104 valence electrons. The molecule has 0 aliphatic heterocycles. The Kier molecular flexibility index (Phi) is 5.26. The molecule has 0 bridgehead atoms. The summed E-state index contributed by atoms with van der Waals surface area (Å²) in [5.41, 5.74) is 0.204. The van der Waals surface area contributed by atoms with E-state index in [0.717, 1.165) is 0 Å². The number of aromatic carboxylic acids is 1. The molecule has 0 saturated heterocycles. The van der Waals surface area contributed by atoms with Gasteiger partial charge in [-0.15, -0.1) is 11.8 Å². The number of ether oxygens (including phenoxy) is 1. The van der Waals surface area contributed by atoms with Gasteiger partial charge < -0.3 is 9.84 Å². The van der Waals surface area contributed by atoms with Crippen molar-refractivity contribution in [2.45, 2.75) is 5.03 Å². The van der Waals surface area contributed by atoms with Gasteiger partial charge in [0.1, 0.15) is 10.8 Å². The minimum absolute atomic E-state index is 0.204. The van der Waals surface area contributed by atoms with E-state index in [2.05, 4.69) is 4.98 Å². The molecule has 0 radical (unpaired) electrons. The molecule has 1 heterocycles. The van der Waals surface area contributed by atoms with E-state index in [1.165, 1.54) is 17.8 Å². The first-order chi connectivity index (χ1) is 9.68. The first-order valence-electron chi connectivity index (χ1n) is 5.87. The molecule has 0 amide bonds. The highest BCUT2D eigenvalue weighted by molar-refractivity contribution is 7.99. The third-order valence-electron chi connectivity index (χ3n) is 2.42. The number of halogens is 1. The van der Waals surface area contributed by atoms with Gasteiger partial charge in [0.25, 0.3) is 0 Å². The molecular formula is C14H12ClNO3S. The number of hydrogen-bond donors (Lipinski definition) is 1. The molecule has 1 aromatic carbocycles. The van der Waals surface area contributed by atoms with Crippen LogP contribution in [0.4, 0.5) is 0 Å². The number of benzene rings is 1. The summed E-state index contributed by atoms with van der Waals surface area (Å²) in [5, 5.41) is 10.1. The summed E-state index contributed by atoms with van der Waals surface area (Å²) in [5.74, 6) is 0.226. The van der Waals surface area contributed by atoms with E-state index < -0.39 is 5.97 Å². The van der Waals surface area contributed by atoms with Crippen molar-refractivity contribution in [3.05, 3.63) is 53.2 Å². The molecule has 0 spiro atoms. The van der Waals surface area contributed by atoms with Gasteiger partial charge in [0.05, 0.1) is 17.2 Å². The standard InChI is InChI=1S/C14H12ClNO3S/c15-11-5-1-2-6-12(11)19-8-9-20-13-10(14(17)18)4-3-7-16-13/h1-7H,8-9H2,(H,17,18). The van der Waals surface area contributed by atoms with Crippen LogP contribution >= 0.6 is 23.4 Å². The third-order valence-corrected chi connectivity index (χ3v) is 3.70. The molecule has 0 unspecified atom stereocenters. The zero-order chi connectivity index (χ0) is 14.4. The van der Waals surface area contributed by atoms with E-state index in [1.807, 2.05) is 12.1 Å². The van der Waals surface area contributed by atoms with Crippen LogP contribution in [-0.4, -0.2) is 28.4 Å². The molecule has 2 aromatic rings. The summed E-state index contributed by atoms with van der Waals surface area (Å²) >= 11 is 7.31. The highest BCUT2D eigenvalue weighted by atomic mass is 35.5. The van der Waals surface area contributed by atoms with Gasteiger partial charge in [0.2, 0.25) is 0 Å². The summed E-state index contributed by atoms with van der Waals surface area (Å²) in [4.78, 5) is 15.1. The Morgan fingerprint density at radius 1 is 1.30 bits per heavy atom. The minimum atomic E-state index is -0.979. The van der Waals surface area contributed by atoms with Crippen LogP contribution in [0.15, 0.2) is 47.6 Å². The number of thioether (sulfide) groups is 1. The zero-order valence-electron chi connectivity index (χ0n) is 10.5. The highest BCUT2D eigenvalue weighted by Crippen LogP contribution is 2.24. The summed E-state index contributed by atoms with van der Waals surface area (Å²) < 4.78 is 5.53. The van der Waals surface area contributed by atoms with Crippen LogP contribution in [0.2, 0.25) is 5.02 Å². The second-order valence-electron chi connectivity index (χ2n) is 3.79. The lowest BCUT2D eigenvalue weighted by Gasteiger charge is -2.08. The second kappa shape index (κ2) is 7.17.